The molecule has 1 saturated heterocycles. The van der Waals surface area contributed by atoms with E-state index in [9.17, 15) is 0 Å². The number of hydrogen-bond donors (Lipinski definition) is 0. The average molecular weight is 174 g/mol. The van der Waals surface area contributed by atoms with E-state index in [0.29, 0.717) is 6.98 Å². The lowest BCUT2D eigenvalue weighted by Crippen LogP contribution is -2.49. The van der Waals surface area contributed by atoms with Crippen LogP contribution < -0.4 is 5.46 Å². The summed E-state index contributed by atoms with van der Waals surface area (Å²) in [6.07, 6.45) is 0. The van der Waals surface area contributed by atoms with Gasteiger partial charge in [-0.15, -0.1) is 0 Å². The van der Waals surface area contributed by atoms with Crippen molar-refractivity contribution >= 4 is 12.4 Å². The topological polar surface area (TPSA) is 6.48 Å². The smallest absolute Gasteiger partial charge is 0.326 e. The van der Waals surface area contributed by atoms with Crippen molar-refractivity contribution in [1.29, 1.82) is 0 Å². The monoisotopic (exact) mass is 174 g/mol. The molecule has 0 aromatic heterocycles. The van der Waals surface area contributed by atoms with Gasteiger partial charge in [0, 0.05) is 13.1 Å². The fourth-order valence-corrected chi connectivity index (χ4v) is 2.03. The molecule has 13 heavy (non-hydrogen) atoms. The summed E-state index contributed by atoms with van der Waals surface area (Å²) < 4.78 is 0. The van der Waals surface area contributed by atoms with E-state index in [-0.39, 0.29) is 0 Å². The van der Waals surface area contributed by atoms with Gasteiger partial charge in [-0.05, 0) is 19.6 Å². The van der Waals surface area contributed by atoms with Gasteiger partial charge in [0.25, 0.3) is 0 Å². The van der Waals surface area contributed by atoms with Crippen molar-refractivity contribution in [3.8, 4) is 0 Å². The number of benzene rings is 1. The number of likely N-dealkylation sites (N-methyl/N-ethyl adjacent to an activating group) is 2. The summed E-state index contributed by atoms with van der Waals surface area (Å²) in [6, 6.07) is 10.7. The number of nitrogens with zero attached hydrogens (tertiary/aromatic N) is 2. The highest BCUT2D eigenvalue weighted by molar-refractivity contribution is 6.68. The molecule has 0 radical (unpaired) electrons. The lowest BCUT2D eigenvalue weighted by Gasteiger charge is -2.20. The van der Waals surface area contributed by atoms with Gasteiger partial charge in [0.15, 0.2) is 0 Å². The van der Waals surface area contributed by atoms with Crippen LogP contribution in [-0.2, 0) is 0 Å². The van der Waals surface area contributed by atoms with Gasteiger partial charge in [-0.1, -0.05) is 30.3 Å². The van der Waals surface area contributed by atoms with Gasteiger partial charge in [-0.3, -0.25) is 0 Å². The normalized spacial score (nSPS) is 19.7. The molecule has 0 atom stereocenters. The summed E-state index contributed by atoms with van der Waals surface area (Å²) >= 11 is 0. The summed E-state index contributed by atoms with van der Waals surface area (Å²) in [6.45, 7) is 2.80. The molecule has 1 heterocycles. The third-order valence-electron chi connectivity index (χ3n) is 2.74. The molecule has 1 aliphatic heterocycles. The predicted octanol–water partition coefficient (Wildman–Crippen LogP) is 0.259. The standard InChI is InChI=1S/C10H15BN2/c1-12-8-9-13(2)11(12)10-6-4-3-5-7-10/h3-7H,8-9H2,1-2H3. The van der Waals surface area contributed by atoms with E-state index in [4.69, 9.17) is 0 Å². The zero-order valence-corrected chi connectivity index (χ0v) is 8.27. The molecule has 2 nitrogen and oxygen atoms in total. The quantitative estimate of drug-likeness (QED) is 0.563. The SMILES string of the molecule is CN1CCN(C)B1c1ccccc1. The van der Waals surface area contributed by atoms with Crippen molar-refractivity contribution in [2.24, 2.45) is 0 Å². The van der Waals surface area contributed by atoms with Crippen molar-refractivity contribution in [1.82, 2.24) is 9.62 Å². The van der Waals surface area contributed by atoms with E-state index in [2.05, 4.69) is 54.0 Å². The Morgan fingerprint density at radius 2 is 1.54 bits per heavy atom. The van der Waals surface area contributed by atoms with Crippen LogP contribution in [0.5, 0.6) is 0 Å². The van der Waals surface area contributed by atoms with Gasteiger partial charge >= 0.3 is 6.98 Å². The second-order valence-electron chi connectivity index (χ2n) is 3.75. The maximum atomic E-state index is 2.38. The first kappa shape index (κ1) is 8.79. The van der Waals surface area contributed by atoms with Crippen LogP contribution in [-0.4, -0.2) is 43.8 Å². The van der Waals surface area contributed by atoms with Crippen LogP contribution in [0.2, 0.25) is 0 Å². The molecule has 0 amide bonds. The lowest BCUT2D eigenvalue weighted by molar-refractivity contribution is 0.553. The van der Waals surface area contributed by atoms with E-state index in [0.717, 1.165) is 13.1 Å². The van der Waals surface area contributed by atoms with Gasteiger partial charge in [0.2, 0.25) is 0 Å². The highest BCUT2D eigenvalue weighted by Crippen LogP contribution is 2.05. The molecule has 0 unspecified atom stereocenters. The molecule has 0 spiro atoms. The van der Waals surface area contributed by atoms with E-state index >= 15 is 0 Å². The molecular weight excluding hydrogens is 159 g/mol. The zero-order valence-electron chi connectivity index (χ0n) is 8.27. The minimum absolute atomic E-state index is 0.473. The second-order valence-corrected chi connectivity index (χ2v) is 3.75. The Bertz CT molecular complexity index is 266. The second kappa shape index (κ2) is 3.52. The van der Waals surface area contributed by atoms with Crippen molar-refractivity contribution < 1.29 is 0 Å². The molecule has 0 N–H and O–H groups in total. The Morgan fingerprint density at radius 3 is 2.08 bits per heavy atom. The van der Waals surface area contributed by atoms with Crippen LogP contribution in [0.4, 0.5) is 0 Å². The summed E-state index contributed by atoms with van der Waals surface area (Å²) in [5.41, 5.74) is 1.39. The van der Waals surface area contributed by atoms with Crippen LogP contribution >= 0.6 is 0 Å². The first-order valence-corrected chi connectivity index (χ1v) is 4.74. The third kappa shape index (κ3) is 1.62. The Kier molecular flexibility index (Phi) is 2.38. The Labute approximate surface area is 80.3 Å². The van der Waals surface area contributed by atoms with Gasteiger partial charge in [0.05, 0.1) is 0 Å². The van der Waals surface area contributed by atoms with Gasteiger partial charge in [-0.25, -0.2) is 0 Å². The molecule has 1 aromatic carbocycles. The molecule has 1 fully saturated rings. The molecule has 2 rings (SSSR count). The van der Waals surface area contributed by atoms with Crippen molar-refractivity contribution in [3.05, 3.63) is 30.3 Å². The average Bonchev–Trinajstić information content (AvgIpc) is 2.48. The fraction of sp³-hybridized carbons (Fsp3) is 0.400. The first-order valence-electron chi connectivity index (χ1n) is 4.74. The van der Waals surface area contributed by atoms with Crippen LogP contribution in [0.15, 0.2) is 30.3 Å². The van der Waals surface area contributed by atoms with Crippen LogP contribution in [0, 0.1) is 0 Å². The Balaban J connectivity index is 2.25. The Hall–Kier alpha value is -0.795. The predicted molar refractivity (Wildman–Crippen MR) is 57.1 cm³/mol. The molecule has 1 aromatic rings. The molecule has 0 aliphatic carbocycles. The molecule has 0 saturated carbocycles. The Morgan fingerprint density at radius 1 is 1.00 bits per heavy atom. The molecule has 1 aliphatic rings. The molecule has 3 heteroatoms. The summed E-state index contributed by atoms with van der Waals surface area (Å²) in [7, 11) is 4.36. The molecular formula is C10H15BN2. The van der Waals surface area contributed by atoms with Gasteiger partial charge in [0.1, 0.15) is 0 Å². The minimum Gasteiger partial charge on any atom is -0.326 e. The van der Waals surface area contributed by atoms with Crippen LogP contribution in [0.1, 0.15) is 0 Å². The molecule has 68 valence electrons. The first-order chi connectivity index (χ1) is 6.29. The van der Waals surface area contributed by atoms with Crippen molar-refractivity contribution in [2.75, 3.05) is 27.2 Å². The van der Waals surface area contributed by atoms with Crippen molar-refractivity contribution in [3.63, 3.8) is 0 Å². The maximum absolute atomic E-state index is 2.38. The summed E-state index contributed by atoms with van der Waals surface area (Å²) in [5.74, 6) is 0. The summed E-state index contributed by atoms with van der Waals surface area (Å²) in [4.78, 5) is 4.77. The van der Waals surface area contributed by atoms with Crippen LogP contribution in [0.3, 0.4) is 0 Å². The third-order valence-corrected chi connectivity index (χ3v) is 2.74. The highest BCUT2D eigenvalue weighted by Gasteiger charge is 2.32. The van der Waals surface area contributed by atoms with Gasteiger partial charge < -0.3 is 9.62 Å². The largest absolute Gasteiger partial charge is 0.345 e. The maximum Gasteiger partial charge on any atom is 0.345 e. The zero-order chi connectivity index (χ0) is 9.26. The minimum atomic E-state index is 0.473. The van der Waals surface area contributed by atoms with E-state index in [1.807, 2.05) is 0 Å². The fourth-order valence-electron chi connectivity index (χ4n) is 2.03. The van der Waals surface area contributed by atoms with E-state index in [1.165, 1.54) is 5.46 Å². The molecule has 0 bridgehead atoms. The van der Waals surface area contributed by atoms with E-state index in [1.54, 1.807) is 0 Å². The van der Waals surface area contributed by atoms with Crippen LogP contribution in [0.25, 0.3) is 0 Å². The van der Waals surface area contributed by atoms with Crippen molar-refractivity contribution in [2.45, 2.75) is 0 Å². The highest BCUT2D eigenvalue weighted by atomic mass is 15.3. The van der Waals surface area contributed by atoms with Gasteiger partial charge in [-0.2, -0.15) is 0 Å². The lowest BCUT2D eigenvalue weighted by atomic mass is 9.66. The number of hydrogen-bond acceptors (Lipinski definition) is 2. The number of rotatable bonds is 1. The van der Waals surface area contributed by atoms with E-state index < -0.39 is 0 Å². The summed E-state index contributed by atoms with van der Waals surface area (Å²) in [5, 5.41) is 0.